The minimum absolute atomic E-state index is 0.100. The van der Waals surface area contributed by atoms with Crippen LogP contribution in [0.1, 0.15) is 45.5 Å². The standard InChI is InChI=1S/C11H21N3O2/c1-5-12-8(3)7-10-13-11(14-16-10)9(4)15-6-2/h8-9,12H,5-7H2,1-4H3. The Morgan fingerprint density at radius 3 is 2.75 bits per heavy atom. The van der Waals surface area contributed by atoms with Gasteiger partial charge in [-0.25, -0.2) is 0 Å². The smallest absolute Gasteiger partial charge is 0.228 e. The molecule has 1 rings (SSSR count). The lowest BCUT2D eigenvalue weighted by molar-refractivity contribution is 0.0683. The summed E-state index contributed by atoms with van der Waals surface area (Å²) in [5.74, 6) is 1.29. The molecule has 0 spiro atoms. The van der Waals surface area contributed by atoms with Crippen molar-refractivity contribution in [3.63, 3.8) is 0 Å². The van der Waals surface area contributed by atoms with Gasteiger partial charge in [0.25, 0.3) is 0 Å². The van der Waals surface area contributed by atoms with Crippen LogP contribution in [0.25, 0.3) is 0 Å². The van der Waals surface area contributed by atoms with E-state index >= 15 is 0 Å². The molecule has 1 aromatic heterocycles. The van der Waals surface area contributed by atoms with Gasteiger partial charge in [-0.05, 0) is 27.3 Å². The average molecular weight is 227 g/mol. The van der Waals surface area contributed by atoms with Crippen molar-refractivity contribution in [1.82, 2.24) is 15.5 Å². The molecule has 0 amide bonds. The minimum Gasteiger partial charge on any atom is -0.371 e. The molecule has 0 aliphatic rings. The van der Waals surface area contributed by atoms with Crippen molar-refractivity contribution in [1.29, 1.82) is 0 Å². The van der Waals surface area contributed by atoms with Gasteiger partial charge in [-0.3, -0.25) is 0 Å². The zero-order valence-electron chi connectivity index (χ0n) is 10.5. The van der Waals surface area contributed by atoms with E-state index in [-0.39, 0.29) is 6.10 Å². The van der Waals surface area contributed by atoms with Crippen LogP contribution < -0.4 is 5.32 Å². The summed E-state index contributed by atoms with van der Waals surface area (Å²) in [7, 11) is 0. The van der Waals surface area contributed by atoms with E-state index in [0.29, 0.717) is 24.4 Å². The van der Waals surface area contributed by atoms with Gasteiger partial charge in [0.2, 0.25) is 5.89 Å². The Bertz CT molecular complexity index is 301. The van der Waals surface area contributed by atoms with Gasteiger partial charge in [-0.2, -0.15) is 4.98 Å². The number of hydrogen-bond acceptors (Lipinski definition) is 5. The first-order valence-electron chi connectivity index (χ1n) is 5.84. The largest absolute Gasteiger partial charge is 0.371 e. The van der Waals surface area contributed by atoms with Crippen LogP contribution in [0.15, 0.2) is 4.52 Å². The highest BCUT2D eigenvalue weighted by Crippen LogP contribution is 2.13. The number of likely N-dealkylation sites (N-methyl/N-ethyl adjacent to an activating group) is 1. The summed E-state index contributed by atoms with van der Waals surface area (Å²) in [5.41, 5.74) is 0. The van der Waals surface area contributed by atoms with Crippen molar-refractivity contribution in [2.75, 3.05) is 13.2 Å². The van der Waals surface area contributed by atoms with E-state index in [9.17, 15) is 0 Å². The van der Waals surface area contributed by atoms with E-state index in [1.165, 1.54) is 0 Å². The molecule has 0 fully saturated rings. The van der Waals surface area contributed by atoms with E-state index in [1.807, 2.05) is 13.8 Å². The first-order chi connectivity index (χ1) is 7.67. The average Bonchev–Trinajstić information content (AvgIpc) is 2.67. The lowest BCUT2D eigenvalue weighted by atomic mass is 10.2. The third kappa shape index (κ3) is 3.90. The molecule has 0 saturated carbocycles. The third-order valence-electron chi connectivity index (χ3n) is 2.30. The van der Waals surface area contributed by atoms with Gasteiger partial charge in [-0.1, -0.05) is 12.1 Å². The minimum atomic E-state index is -0.100. The Morgan fingerprint density at radius 1 is 1.38 bits per heavy atom. The van der Waals surface area contributed by atoms with E-state index in [0.717, 1.165) is 13.0 Å². The van der Waals surface area contributed by atoms with Crippen LogP contribution >= 0.6 is 0 Å². The molecule has 2 atom stereocenters. The van der Waals surface area contributed by atoms with Gasteiger partial charge >= 0.3 is 0 Å². The number of rotatable bonds is 7. The molecule has 1 aromatic rings. The van der Waals surface area contributed by atoms with Crippen molar-refractivity contribution in [3.8, 4) is 0 Å². The predicted molar refractivity (Wildman–Crippen MR) is 61.2 cm³/mol. The molecule has 16 heavy (non-hydrogen) atoms. The summed E-state index contributed by atoms with van der Waals surface area (Å²) < 4.78 is 10.6. The second-order valence-electron chi connectivity index (χ2n) is 3.81. The monoisotopic (exact) mass is 227 g/mol. The first kappa shape index (κ1) is 13.1. The van der Waals surface area contributed by atoms with Gasteiger partial charge in [0, 0.05) is 19.1 Å². The maximum Gasteiger partial charge on any atom is 0.228 e. The van der Waals surface area contributed by atoms with Crippen molar-refractivity contribution < 1.29 is 9.26 Å². The molecule has 1 N–H and O–H groups in total. The summed E-state index contributed by atoms with van der Waals surface area (Å²) in [6, 6.07) is 0.348. The summed E-state index contributed by atoms with van der Waals surface area (Å²) in [5, 5.41) is 7.21. The molecule has 2 unspecified atom stereocenters. The van der Waals surface area contributed by atoms with Gasteiger partial charge in [0.1, 0.15) is 6.10 Å². The van der Waals surface area contributed by atoms with Gasteiger partial charge in [-0.15, -0.1) is 0 Å². The van der Waals surface area contributed by atoms with E-state index in [2.05, 4.69) is 29.3 Å². The third-order valence-corrected chi connectivity index (χ3v) is 2.30. The Morgan fingerprint density at radius 2 is 2.12 bits per heavy atom. The summed E-state index contributed by atoms with van der Waals surface area (Å²) >= 11 is 0. The number of nitrogens with zero attached hydrogens (tertiary/aromatic N) is 2. The maximum absolute atomic E-state index is 5.39. The van der Waals surface area contributed by atoms with Crippen LogP contribution in [0.4, 0.5) is 0 Å². The van der Waals surface area contributed by atoms with Crippen LogP contribution in [0.3, 0.4) is 0 Å². The fraction of sp³-hybridized carbons (Fsp3) is 0.818. The fourth-order valence-electron chi connectivity index (χ4n) is 1.52. The second kappa shape index (κ2) is 6.60. The summed E-state index contributed by atoms with van der Waals surface area (Å²) in [6.45, 7) is 9.64. The molecule has 0 saturated heterocycles. The van der Waals surface area contributed by atoms with Crippen molar-refractivity contribution in [2.45, 2.75) is 46.3 Å². The number of aromatic nitrogens is 2. The summed E-state index contributed by atoms with van der Waals surface area (Å²) in [4.78, 5) is 4.31. The Balaban J connectivity index is 2.50. The van der Waals surface area contributed by atoms with Gasteiger partial charge in [0.15, 0.2) is 5.82 Å². The zero-order chi connectivity index (χ0) is 12.0. The number of ether oxygens (including phenoxy) is 1. The SMILES string of the molecule is CCNC(C)Cc1nc(C(C)OCC)no1. The zero-order valence-corrected chi connectivity index (χ0v) is 10.5. The molecule has 0 aromatic carbocycles. The van der Waals surface area contributed by atoms with Crippen LogP contribution in [-0.4, -0.2) is 29.3 Å². The van der Waals surface area contributed by atoms with Gasteiger partial charge in [0.05, 0.1) is 0 Å². The highest BCUT2D eigenvalue weighted by Gasteiger charge is 2.14. The van der Waals surface area contributed by atoms with E-state index in [1.54, 1.807) is 0 Å². The fourth-order valence-corrected chi connectivity index (χ4v) is 1.52. The first-order valence-corrected chi connectivity index (χ1v) is 5.84. The van der Waals surface area contributed by atoms with E-state index < -0.39 is 0 Å². The Kier molecular flexibility index (Phi) is 5.42. The molecule has 0 aliphatic carbocycles. The van der Waals surface area contributed by atoms with Crippen molar-refractivity contribution in [3.05, 3.63) is 11.7 Å². The molecule has 0 bridgehead atoms. The molecular weight excluding hydrogens is 206 g/mol. The lowest BCUT2D eigenvalue weighted by Crippen LogP contribution is -2.27. The molecule has 0 radical (unpaired) electrons. The molecule has 5 heteroatoms. The van der Waals surface area contributed by atoms with Crippen LogP contribution in [0, 0.1) is 0 Å². The van der Waals surface area contributed by atoms with Crippen LogP contribution in [0.5, 0.6) is 0 Å². The quantitative estimate of drug-likeness (QED) is 0.768. The second-order valence-corrected chi connectivity index (χ2v) is 3.81. The highest BCUT2D eigenvalue weighted by molar-refractivity contribution is 4.91. The van der Waals surface area contributed by atoms with Crippen LogP contribution in [-0.2, 0) is 11.2 Å². The summed E-state index contributed by atoms with van der Waals surface area (Å²) in [6.07, 6.45) is 0.650. The maximum atomic E-state index is 5.39. The topological polar surface area (TPSA) is 60.2 Å². The van der Waals surface area contributed by atoms with E-state index in [4.69, 9.17) is 9.26 Å². The molecule has 5 nitrogen and oxygen atoms in total. The van der Waals surface area contributed by atoms with Crippen molar-refractivity contribution in [2.24, 2.45) is 0 Å². The Hall–Kier alpha value is -0.940. The Labute approximate surface area is 96.6 Å². The molecule has 0 aliphatic heterocycles. The number of nitrogens with one attached hydrogen (secondary N) is 1. The van der Waals surface area contributed by atoms with Crippen LogP contribution in [0.2, 0.25) is 0 Å². The molecule has 1 heterocycles. The lowest BCUT2D eigenvalue weighted by Gasteiger charge is -2.08. The predicted octanol–water partition coefficient (Wildman–Crippen LogP) is 1.71. The number of hydrogen-bond donors (Lipinski definition) is 1. The highest BCUT2D eigenvalue weighted by atomic mass is 16.5. The molecule has 92 valence electrons. The normalized spacial score (nSPS) is 15.0. The molecular formula is C11H21N3O2. The van der Waals surface area contributed by atoms with Gasteiger partial charge < -0.3 is 14.6 Å². The van der Waals surface area contributed by atoms with Crippen molar-refractivity contribution >= 4 is 0 Å².